The van der Waals surface area contributed by atoms with Crippen molar-refractivity contribution in [1.82, 2.24) is 4.90 Å². The van der Waals surface area contributed by atoms with E-state index < -0.39 is 0 Å². The Labute approximate surface area is 193 Å². The third-order valence-corrected chi connectivity index (χ3v) is 6.88. The number of rotatable bonds is 3. The molecule has 0 aromatic heterocycles. The van der Waals surface area contributed by atoms with Crippen molar-refractivity contribution in [3.05, 3.63) is 68.8 Å². The van der Waals surface area contributed by atoms with Crippen LogP contribution in [0.3, 0.4) is 0 Å². The van der Waals surface area contributed by atoms with E-state index in [1.165, 1.54) is 4.90 Å². The number of aryl methyl sites for hydroxylation is 2. The first kappa shape index (κ1) is 21.9. The lowest BCUT2D eigenvalue weighted by atomic mass is 9.90. The van der Waals surface area contributed by atoms with Crippen LogP contribution in [0.2, 0.25) is 10.0 Å². The number of likely N-dealkylation sites (tertiary alicyclic amines) is 1. The fourth-order valence-corrected chi connectivity index (χ4v) is 5.26. The molecule has 2 unspecified atom stereocenters. The number of imide groups is 1. The van der Waals surface area contributed by atoms with Gasteiger partial charge in [0.25, 0.3) is 11.8 Å². The molecule has 31 heavy (non-hydrogen) atoms. The third-order valence-electron chi connectivity index (χ3n) is 6.07. The van der Waals surface area contributed by atoms with Crippen molar-refractivity contribution in [3.63, 3.8) is 0 Å². The molecule has 162 valence electrons. The summed E-state index contributed by atoms with van der Waals surface area (Å²) < 4.78 is 0. The minimum Gasteiger partial charge on any atom is -0.366 e. The van der Waals surface area contributed by atoms with E-state index in [0.717, 1.165) is 36.2 Å². The number of anilines is 1. The molecule has 0 spiro atoms. The monoisotopic (exact) mass is 456 g/mol. The Bertz CT molecular complexity index is 1100. The molecule has 2 aromatic rings. The standard InChI is InChI=1S/C25H26Cl2N2O2/c1-14-8-9-18(17(4)11-14)21-23(28-12-15(2)10-16(3)13-28)25(31)29(24(21)30)20-7-5-6-19(26)22(20)27/h5-9,11,15-16H,10,12-13H2,1-4H3. The first-order valence-corrected chi connectivity index (χ1v) is 11.3. The van der Waals surface area contributed by atoms with Crippen LogP contribution in [0.4, 0.5) is 5.69 Å². The molecule has 6 heteroatoms. The Hall–Kier alpha value is -2.30. The number of piperidine rings is 1. The van der Waals surface area contributed by atoms with Crippen LogP contribution in [0.1, 0.15) is 37.0 Å². The molecule has 0 N–H and O–H groups in total. The maximum Gasteiger partial charge on any atom is 0.282 e. The van der Waals surface area contributed by atoms with E-state index in [2.05, 4.69) is 18.7 Å². The van der Waals surface area contributed by atoms with Gasteiger partial charge in [-0.05, 0) is 55.4 Å². The summed E-state index contributed by atoms with van der Waals surface area (Å²) in [6.07, 6.45) is 1.11. The highest BCUT2D eigenvalue weighted by atomic mass is 35.5. The normalized spacial score (nSPS) is 22.0. The summed E-state index contributed by atoms with van der Waals surface area (Å²) in [7, 11) is 0. The second kappa shape index (κ2) is 8.33. The van der Waals surface area contributed by atoms with E-state index in [4.69, 9.17) is 23.2 Å². The molecule has 4 nitrogen and oxygen atoms in total. The molecule has 2 aliphatic rings. The molecule has 2 heterocycles. The van der Waals surface area contributed by atoms with Gasteiger partial charge in [-0.3, -0.25) is 9.59 Å². The van der Waals surface area contributed by atoms with E-state index in [1.54, 1.807) is 18.2 Å². The van der Waals surface area contributed by atoms with Crippen LogP contribution in [0, 0.1) is 25.7 Å². The quantitative estimate of drug-likeness (QED) is 0.541. The van der Waals surface area contributed by atoms with Crippen LogP contribution in [0.15, 0.2) is 42.1 Å². The molecule has 1 fully saturated rings. The minimum absolute atomic E-state index is 0.201. The zero-order valence-corrected chi connectivity index (χ0v) is 19.7. The Balaban J connectivity index is 1.90. The molecule has 0 bridgehead atoms. The number of benzene rings is 2. The summed E-state index contributed by atoms with van der Waals surface area (Å²) in [4.78, 5) is 30.8. The molecular weight excluding hydrogens is 431 g/mol. The summed E-state index contributed by atoms with van der Waals surface area (Å²) in [6.45, 7) is 9.84. The van der Waals surface area contributed by atoms with Crippen LogP contribution in [-0.4, -0.2) is 29.8 Å². The van der Waals surface area contributed by atoms with Crippen LogP contribution in [0.25, 0.3) is 5.57 Å². The second-order valence-corrected chi connectivity index (χ2v) is 9.70. The van der Waals surface area contributed by atoms with Gasteiger partial charge in [-0.25, -0.2) is 4.90 Å². The predicted octanol–water partition coefficient (Wildman–Crippen LogP) is 5.87. The van der Waals surface area contributed by atoms with E-state index in [0.29, 0.717) is 33.8 Å². The molecule has 2 aliphatic heterocycles. The number of halogens is 2. The van der Waals surface area contributed by atoms with Gasteiger partial charge in [-0.2, -0.15) is 0 Å². The topological polar surface area (TPSA) is 40.6 Å². The average molecular weight is 457 g/mol. The van der Waals surface area contributed by atoms with Gasteiger partial charge >= 0.3 is 0 Å². The summed E-state index contributed by atoms with van der Waals surface area (Å²) in [5.41, 5.74) is 4.08. The lowest BCUT2D eigenvalue weighted by molar-refractivity contribution is -0.120. The van der Waals surface area contributed by atoms with Crippen molar-refractivity contribution in [2.24, 2.45) is 11.8 Å². The van der Waals surface area contributed by atoms with Crippen LogP contribution in [-0.2, 0) is 9.59 Å². The van der Waals surface area contributed by atoms with Gasteiger partial charge in [-0.1, -0.05) is 66.9 Å². The zero-order chi connectivity index (χ0) is 22.4. The van der Waals surface area contributed by atoms with Gasteiger partial charge in [-0.15, -0.1) is 0 Å². The fourth-order valence-electron chi connectivity index (χ4n) is 4.88. The first-order valence-electron chi connectivity index (χ1n) is 10.6. The van der Waals surface area contributed by atoms with Crippen LogP contribution in [0.5, 0.6) is 0 Å². The van der Waals surface area contributed by atoms with E-state index in [-0.39, 0.29) is 16.8 Å². The van der Waals surface area contributed by atoms with Crippen molar-refractivity contribution in [2.75, 3.05) is 18.0 Å². The van der Waals surface area contributed by atoms with Crippen molar-refractivity contribution >= 4 is 46.3 Å². The van der Waals surface area contributed by atoms with Crippen molar-refractivity contribution in [1.29, 1.82) is 0 Å². The average Bonchev–Trinajstić information content (AvgIpc) is 2.94. The highest BCUT2D eigenvalue weighted by Crippen LogP contribution is 2.41. The minimum atomic E-state index is -0.359. The van der Waals surface area contributed by atoms with Crippen molar-refractivity contribution in [2.45, 2.75) is 34.1 Å². The Morgan fingerprint density at radius 2 is 1.61 bits per heavy atom. The highest BCUT2D eigenvalue weighted by Gasteiger charge is 2.44. The van der Waals surface area contributed by atoms with E-state index in [1.807, 2.05) is 32.0 Å². The molecule has 2 amide bonds. The highest BCUT2D eigenvalue weighted by molar-refractivity contribution is 6.49. The largest absolute Gasteiger partial charge is 0.366 e. The number of carbonyl (C=O) groups excluding carboxylic acids is 2. The summed E-state index contributed by atoms with van der Waals surface area (Å²) in [5.74, 6) is 0.166. The third kappa shape index (κ3) is 3.88. The molecule has 2 atom stereocenters. The summed E-state index contributed by atoms with van der Waals surface area (Å²) in [5, 5.41) is 0.508. The summed E-state index contributed by atoms with van der Waals surface area (Å²) >= 11 is 12.6. The molecule has 0 radical (unpaired) electrons. The second-order valence-electron chi connectivity index (χ2n) is 8.91. The first-order chi connectivity index (χ1) is 14.7. The van der Waals surface area contributed by atoms with Gasteiger partial charge < -0.3 is 4.90 Å². The van der Waals surface area contributed by atoms with Crippen molar-refractivity contribution < 1.29 is 9.59 Å². The van der Waals surface area contributed by atoms with Gasteiger partial charge in [0.1, 0.15) is 5.70 Å². The Morgan fingerprint density at radius 1 is 0.935 bits per heavy atom. The Morgan fingerprint density at radius 3 is 2.26 bits per heavy atom. The van der Waals surface area contributed by atoms with Gasteiger partial charge in [0.15, 0.2) is 0 Å². The van der Waals surface area contributed by atoms with Crippen LogP contribution < -0.4 is 4.90 Å². The number of amides is 2. The van der Waals surface area contributed by atoms with Gasteiger partial charge in [0.2, 0.25) is 0 Å². The zero-order valence-electron chi connectivity index (χ0n) is 18.2. The van der Waals surface area contributed by atoms with E-state index in [9.17, 15) is 9.59 Å². The van der Waals surface area contributed by atoms with Gasteiger partial charge in [0.05, 0.1) is 21.3 Å². The molecule has 0 saturated carbocycles. The molecule has 1 saturated heterocycles. The number of carbonyl (C=O) groups is 2. The van der Waals surface area contributed by atoms with Crippen molar-refractivity contribution in [3.8, 4) is 0 Å². The molecule has 4 rings (SSSR count). The molecular formula is C25H26Cl2N2O2. The molecule has 0 aliphatic carbocycles. The molecule has 2 aromatic carbocycles. The predicted molar refractivity (Wildman–Crippen MR) is 126 cm³/mol. The smallest absolute Gasteiger partial charge is 0.282 e. The number of hydrogen-bond acceptors (Lipinski definition) is 3. The van der Waals surface area contributed by atoms with Crippen LogP contribution >= 0.6 is 23.2 Å². The summed E-state index contributed by atoms with van der Waals surface area (Å²) in [6, 6.07) is 10.9. The SMILES string of the molecule is Cc1ccc(C2=C(N3CC(C)CC(C)C3)C(=O)N(c3cccc(Cl)c3Cl)C2=O)c(C)c1. The number of hydrogen-bond donors (Lipinski definition) is 0. The van der Waals surface area contributed by atoms with E-state index >= 15 is 0 Å². The fraction of sp³-hybridized carbons (Fsp3) is 0.360. The maximum atomic E-state index is 13.8. The van der Waals surface area contributed by atoms with Gasteiger partial charge in [0, 0.05) is 13.1 Å². The lowest BCUT2D eigenvalue weighted by Gasteiger charge is -2.37. The lowest BCUT2D eigenvalue weighted by Crippen LogP contribution is -2.42. The Kier molecular flexibility index (Phi) is 5.89. The number of nitrogens with zero attached hydrogens (tertiary/aromatic N) is 2. The maximum absolute atomic E-state index is 13.8.